The summed E-state index contributed by atoms with van der Waals surface area (Å²) in [7, 11) is 1.51. The lowest BCUT2D eigenvalue weighted by molar-refractivity contribution is -0.138. The number of benzene rings is 3. The second-order valence-electron chi connectivity index (χ2n) is 8.96. The Bertz CT molecular complexity index is 1590. The van der Waals surface area contributed by atoms with Gasteiger partial charge >= 0.3 is 12.4 Å². The number of rotatable bonds is 10. The van der Waals surface area contributed by atoms with E-state index >= 15 is 0 Å². The first-order chi connectivity index (χ1) is 20.3. The molecule has 0 aliphatic rings. The van der Waals surface area contributed by atoms with Gasteiger partial charge in [0, 0.05) is 0 Å². The van der Waals surface area contributed by atoms with Crippen LogP contribution in [0.25, 0.3) is 5.69 Å². The SMILES string of the molecule is COc1ccc(CC(=O)NCc2nnc(SCC(=O)Nc3ccccc3C(F)(F)F)n2-c2cccc(C(F)(F)F)c2)cc1. The zero-order valence-electron chi connectivity index (χ0n) is 22.3. The number of ether oxygens (including phenoxy) is 1. The number of hydrogen-bond acceptors (Lipinski definition) is 6. The predicted octanol–water partition coefficient (Wildman–Crippen LogP) is 5.90. The largest absolute Gasteiger partial charge is 0.497 e. The first kappa shape index (κ1) is 31.4. The maximum Gasteiger partial charge on any atom is 0.418 e. The van der Waals surface area contributed by atoms with Gasteiger partial charge in [-0.1, -0.05) is 42.1 Å². The van der Waals surface area contributed by atoms with Crippen molar-refractivity contribution in [3.63, 3.8) is 0 Å². The number of nitrogens with one attached hydrogen (secondary N) is 2. The van der Waals surface area contributed by atoms with E-state index in [0.29, 0.717) is 11.3 Å². The second-order valence-corrected chi connectivity index (χ2v) is 9.91. The number of carbonyl (C=O) groups excluding carboxylic acids is 2. The molecule has 2 amide bonds. The van der Waals surface area contributed by atoms with Crippen molar-refractivity contribution in [2.75, 3.05) is 18.2 Å². The highest BCUT2D eigenvalue weighted by molar-refractivity contribution is 7.99. The molecule has 0 bridgehead atoms. The number of anilines is 1. The number of thioether (sulfide) groups is 1. The lowest BCUT2D eigenvalue weighted by Crippen LogP contribution is -2.26. The maximum atomic E-state index is 13.5. The molecule has 2 N–H and O–H groups in total. The fourth-order valence-electron chi connectivity index (χ4n) is 3.91. The van der Waals surface area contributed by atoms with Crippen LogP contribution >= 0.6 is 11.8 Å². The molecular formula is C28H23F6N5O3S. The molecule has 0 saturated heterocycles. The monoisotopic (exact) mass is 623 g/mol. The first-order valence-corrected chi connectivity index (χ1v) is 13.4. The van der Waals surface area contributed by atoms with Crippen LogP contribution in [0.2, 0.25) is 0 Å². The maximum absolute atomic E-state index is 13.5. The predicted molar refractivity (Wildman–Crippen MR) is 146 cm³/mol. The van der Waals surface area contributed by atoms with Gasteiger partial charge in [-0.15, -0.1) is 10.2 Å². The molecule has 0 saturated carbocycles. The smallest absolute Gasteiger partial charge is 0.418 e. The van der Waals surface area contributed by atoms with Gasteiger partial charge in [-0.25, -0.2) is 0 Å². The van der Waals surface area contributed by atoms with Crippen LogP contribution in [-0.2, 0) is 34.9 Å². The van der Waals surface area contributed by atoms with Crippen LogP contribution in [0.1, 0.15) is 22.5 Å². The van der Waals surface area contributed by atoms with E-state index in [-0.39, 0.29) is 29.6 Å². The minimum atomic E-state index is -4.70. The zero-order valence-corrected chi connectivity index (χ0v) is 23.1. The number of methoxy groups -OCH3 is 1. The number of hydrogen-bond donors (Lipinski definition) is 2. The lowest BCUT2D eigenvalue weighted by atomic mass is 10.1. The van der Waals surface area contributed by atoms with Gasteiger partial charge in [-0.05, 0) is 48.0 Å². The molecule has 1 aromatic heterocycles. The quantitative estimate of drug-likeness (QED) is 0.169. The summed E-state index contributed by atoms with van der Waals surface area (Å²) in [6, 6.07) is 15.5. The highest BCUT2D eigenvalue weighted by Gasteiger charge is 2.34. The molecule has 3 aromatic carbocycles. The van der Waals surface area contributed by atoms with E-state index in [0.717, 1.165) is 36.0 Å². The van der Waals surface area contributed by atoms with Gasteiger partial charge in [0.1, 0.15) is 5.75 Å². The van der Waals surface area contributed by atoms with Crippen LogP contribution in [0, 0.1) is 0 Å². The van der Waals surface area contributed by atoms with Gasteiger partial charge in [-0.2, -0.15) is 26.3 Å². The van der Waals surface area contributed by atoms with Gasteiger partial charge < -0.3 is 15.4 Å². The molecule has 0 atom stereocenters. The van der Waals surface area contributed by atoms with Gasteiger partial charge in [0.2, 0.25) is 11.8 Å². The van der Waals surface area contributed by atoms with Crippen molar-refractivity contribution in [2.45, 2.75) is 30.5 Å². The molecule has 43 heavy (non-hydrogen) atoms. The summed E-state index contributed by atoms with van der Waals surface area (Å²) >= 11 is 0.747. The fraction of sp³-hybridized carbons (Fsp3) is 0.214. The Kier molecular flexibility index (Phi) is 9.63. The van der Waals surface area contributed by atoms with Crippen molar-refractivity contribution in [1.82, 2.24) is 20.1 Å². The number of nitrogens with zero attached hydrogens (tertiary/aromatic N) is 3. The van der Waals surface area contributed by atoms with Gasteiger partial charge in [0.15, 0.2) is 11.0 Å². The molecule has 4 aromatic rings. The van der Waals surface area contributed by atoms with Crippen molar-refractivity contribution in [3.8, 4) is 11.4 Å². The summed E-state index contributed by atoms with van der Waals surface area (Å²) in [6.45, 7) is -0.218. The standard InChI is InChI=1S/C28H23F6N5O3S/c1-42-20-11-9-17(10-12-20)13-24(40)35-15-23-37-38-26(39(23)19-6-4-5-18(14-19)27(29,30)31)43-16-25(41)36-22-8-3-2-7-21(22)28(32,33)34/h2-12,14H,13,15-16H2,1H3,(H,35,40)(H,36,41). The second kappa shape index (κ2) is 13.2. The third-order valence-electron chi connectivity index (χ3n) is 5.94. The molecule has 0 fully saturated rings. The van der Waals surface area contributed by atoms with Crippen molar-refractivity contribution in [3.05, 3.63) is 95.3 Å². The van der Waals surface area contributed by atoms with Crippen molar-refractivity contribution in [2.24, 2.45) is 0 Å². The molecular weight excluding hydrogens is 600 g/mol. The van der Waals surface area contributed by atoms with Gasteiger partial charge in [-0.3, -0.25) is 14.2 Å². The fourth-order valence-corrected chi connectivity index (χ4v) is 4.68. The van der Waals surface area contributed by atoms with E-state index in [1.165, 1.54) is 35.9 Å². The molecule has 0 radical (unpaired) electrons. The van der Waals surface area contributed by atoms with Crippen LogP contribution in [-0.4, -0.2) is 39.4 Å². The summed E-state index contributed by atoms with van der Waals surface area (Å²) in [5.74, 6) is -0.975. The number of alkyl halides is 6. The Morgan fingerprint density at radius 2 is 1.60 bits per heavy atom. The molecule has 1 heterocycles. The minimum Gasteiger partial charge on any atom is -0.497 e. The number of carbonyl (C=O) groups is 2. The van der Waals surface area contributed by atoms with E-state index in [1.807, 2.05) is 0 Å². The average Bonchev–Trinajstić information content (AvgIpc) is 3.37. The minimum absolute atomic E-state index is 0.00285. The Morgan fingerprint density at radius 1 is 0.884 bits per heavy atom. The highest BCUT2D eigenvalue weighted by atomic mass is 32.2. The van der Waals surface area contributed by atoms with Gasteiger partial charge in [0.05, 0.1) is 48.3 Å². The summed E-state index contributed by atoms with van der Waals surface area (Å²) < 4.78 is 86.6. The van der Waals surface area contributed by atoms with Crippen LogP contribution in [0.3, 0.4) is 0 Å². The molecule has 226 valence electrons. The molecule has 4 rings (SSSR count). The highest BCUT2D eigenvalue weighted by Crippen LogP contribution is 2.35. The van der Waals surface area contributed by atoms with E-state index in [9.17, 15) is 35.9 Å². The number of aromatic nitrogens is 3. The topological polar surface area (TPSA) is 98.1 Å². The summed E-state index contributed by atoms with van der Waals surface area (Å²) in [5.41, 5.74) is -1.74. The van der Waals surface area contributed by atoms with Gasteiger partial charge in [0.25, 0.3) is 0 Å². The average molecular weight is 624 g/mol. The summed E-state index contributed by atoms with van der Waals surface area (Å²) in [5, 5.41) is 12.8. The van der Waals surface area contributed by atoms with Crippen molar-refractivity contribution in [1.29, 1.82) is 0 Å². The molecule has 0 aliphatic heterocycles. The summed E-state index contributed by atoms with van der Waals surface area (Å²) in [4.78, 5) is 25.1. The third kappa shape index (κ3) is 8.28. The Morgan fingerprint density at radius 3 is 2.28 bits per heavy atom. The number of para-hydroxylation sites is 1. The number of amides is 2. The molecule has 0 unspecified atom stereocenters. The van der Waals surface area contributed by atoms with E-state index in [1.54, 1.807) is 24.3 Å². The molecule has 15 heteroatoms. The summed E-state index contributed by atoms with van der Waals surface area (Å²) in [6.07, 6.45) is -9.36. The van der Waals surface area contributed by atoms with E-state index < -0.39 is 46.7 Å². The Labute approximate surface area is 245 Å². The van der Waals surface area contributed by atoms with Crippen molar-refractivity contribution < 1.29 is 40.7 Å². The molecule has 8 nitrogen and oxygen atoms in total. The van der Waals surface area contributed by atoms with E-state index in [2.05, 4.69) is 20.8 Å². The lowest BCUT2D eigenvalue weighted by Gasteiger charge is -2.14. The Hall–Kier alpha value is -4.53. The first-order valence-electron chi connectivity index (χ1n) is 12.5. The van der Waals surface area contributed by atoms with E-state index in [4.69, 9.17) is 4.74 Å². The molecule has 0 aliphatic carbocycles. The van der Waals surface area contributed by atoms with Crippen LogP contribution in [0.15, 0.2) is 78.0 Å². The van der Waals surface area contributed by atoms with Crippen LogP contribution < -0.4 is 15.4 Å². The normalized spacial score (nSPS) is 11.7. The number of halogens is 6. The third-order valence-corrected chi connectivity index (χ3v) is 6.87. The van der Waals surface area contributed by atoms with Crippen LogP contribution in [0.4, 0.5) is 32.0 Å². The Balaban J connectivity index is 1.53. The van der Waals surface area contributed by atoms with Crippen molar-refractivity contribution >= 4 is 29.3 Å². The van der Waals surface area contributed by atoms with Crippen LogP contribution in [0.5, 0.6) is 5.75 Å². The molecule has 0 spiro atoms. The zero-order chi connectivity index (χ0) is 31.2.